The summed E-state index contributed by atoms with van der Waals surface area (Å²) in [6.07, 6.45) is 0.145. The average Bonchev–Trinajstić information content (AvgIpc) is 2.14. The van der Waals surface area contributed by atoms with Crippen molar-refractivity contribution in [1.82, 2.24) is 0 Å². The number of hydrogen-bond donors (Lipinski definition) is 0. The molecule has 0 aliphatic rings. The Labute approximate surface area is 86.4 Å². The Hall–Kier alpha value is -1.08. The fourth-order valence-corrected chi connectivity index (χ4v) is 1.29. The predicted octanol–water partition coefficient (Wildman–Crippen LogP) is 3.65. The summed E-state index contributed by atoms with van der Waals surface area (Å²) in [6.45, 7) is 10.6. The molecule has 0 radical (unpaired) electrons. The van der Waals surface area contributed by atoms with Gasteiger partial charge in [-0.05, 0) is 26.3 Å². The van der Waals surface area contributed by atoms with Crippen LogP contribution in [-0.2, 0) is 4.74 Å². The van der Waals surface area contributed by atoms with E-state index in [9.17, 15) is 0 Å². The van der Waals surface area contributed by atoms with E-state index in [1.165, 1.54) is 11.1 Å². The molecule has 14 heavy (non-hydrogen) atoms. The molecule has 0 heterocycles. The van der Waals surface area contributed by atoms with E-state index in [1.807, 2.05) is 6.92 Å². The molecule has 0 fully saturated rings. The first-order valence-corrected chi connectivity index (χ1v) is 4.92. The number of benzene rings is 1. The van der Waals surface area contributed by atoms with Gasteiger partial charge in [0, 0.05) is 0 Å². The lowest BCUT2D eigenvalue weighted by Gasteiger charge is -2.13. The highest BCUT2D eigenvalue weighted by atomic mass is 16.5. The van der Waals surface area contributed by atoms with E-state index >= 15 is 0 Å². The highest BCUT2D eigenvalue weighted by Crippen LogP contribution is 2.18. The Balaban J connectivity index is 2.60. The minimum Gasteiger partial charge on any atom is -0.370 e. The SMILES string of the molecule is C=C(C)COC(C)c1cccc(C)c1. The minimum atomic E-state index is 0.145. The van der Waals surface area contributed by atoms with Crippen molar-refractivity contribution in [3.8, 4) is 0 Å². The Morgan fingerprint density at radius 1 is 1.50 bits per heavy atom. The van der Waals surface area contributed by atoms with Crippen LogP contribution < -0.4 is 0 Å². The van der Waals surface area contributed by atoms with Crippen LogP contribution >= 0.6 is 0 Å². The van der Waals surface area contributed by atoms with Crippen molar-refractivity contribution in [2.24, 2.45) is 0 Å². The van der Waals surface area contributed by atoms with Crippen LogP contribution in [0, 0.1) is 6.92 Å². The standard InChI is InChI=1S/C13H18O/c1-10(2)9-14-12(4)13-7-5-6-11(3)8-13/h5-8,12H,1,9H2,2-4H3. The molecule has 0 N–H and O–H groups in total. The third-order valence-corrected chi connectivity index (χ3v) is 2.09. The summed E-state index contributed by atoms with van der Waals surface area (Å²) >= 11 is 0. The molecule has 1 heteroatoms. The van der Waals surface area contributed by atoms with Crippen molar-refractivity contribution < 1.29 is 4.74 Å². The van der Waals surface area contributed by atoms with Gasteiger partial charge < -0.3 is 4.74 Å². The van der Waals surface area contributed by atoms with Gasteiger partial charge in [-0.15, -0.1) is 0 Å². The lowest BCUT2D eigenvalue weighted by molar-refractivity contribution is 0.0838. The highest BCUT2D eigenvalue weighted by Gasteiger charge is 2.04. The van der Waals surface area contributed by atoms with E-state index in [2.05, 4.69) is 44.7 Å². The summed E-state index contributed by atoms with van der Waals surface area (Å²) in [6, 6.07) is 8.40. The van der Waals surface area contributed by atoms with Gasteiger partial charge in [0.05, 0.1) is 12.7 Å². The Kier molecular flexibility index (Phi) is 3.90. The van der Waals surface area contributed by atoms with Crippen LogP contribution in [0.15, 0.2) is 36.4 Å². The Morgan fingerprint density at radius 3 is 2.79 bits per heavy atom. The lowest BCUT2D eigenvalue weighted by atomic mass is 10.1. The summed E-state index contributed by atoms with van der Waals surface area (Å²) in [7, 11) is 0. The first-order chi connectivity index (χ1) is 6.59. The Morgan fingerprint density at radius 2 is 2.21 bits per heavy atom. The maximum absolute atomic E-state index is 5.64. The topological polar surface area (TPSA) is 9.23 Å². The fourth-order valence-electron chi connectivity index (χ4n) is 1.29. The van der Waals surface area contributed by atoms with Gasteiger partial charge in [0.2, 0.25) is 0 Å². The maximum atomic E-state index is 5.64. The molecule has 0 saturated carbocycles. The molecule has 1 aromatic carbocycles. The molecule has 1 atom stereocenters. The monoisotopic (exact) mass is 190 g/mol. The van der Waals surface area contributed by atoms with Crippen molar-refractivity contribution in [1.29, 1.82) is 0 Å². The molecule has 76 valence electrons. The van der Waals surface area contributed by atoms with Crippen molar-refractivity contribution in [2.75, 3.05) is 6.61 Å². The summed E-state index contributed by atoms with van der Waals surface area (Å²) in [5.41, 5.74) is 3.56. The summed E-state index contributed by atoms with van der Waals surface area (Å²) in [4.78, 5) is 0. The number of rotatable bonds is 4. The van der Waals surface area contributed by atoms with Gasteiger partial charge >= 0.3 is 0 Å². The van der Waals surface area contributed by atoms with E-state index in [4.69, 9.17) is 4.74 Å². The smallest absolute Gasteiger partial charge is 0.0801 e. The molecule has 1 nitrogen and oxygen atoms in total. The van der Waals surface area contributed by atoms with Gasteiger partial charge in [-0.25, -0.2) is 0 Å². The molecule has 1 unspecified atom stereocenters. The minimum absolute atomic E-state index is 0.145. The molecule has 0 aliphatic carbocycles. The summed E-state index contributed by atoms with van der Waals surface area (Å²) in [5.74, 6) is 0. The second-order valence-electron chi connectivity index (χ2n) is 3.82. The zero-order valence-corrected chi connectivity index (χ0v) is 9.21. The van der Waals surface area contributed by atoms with Crippen molar-refractivity contribution in [3.63, 3.8) is 0 Å². The lowest BCUT2D eigenvalue weighted by Crippen LogP contribution is -2.02. The van der Waals surface area contributed by atoms with Crippen LogP contribution in [0.1, 0.15) is 31.1 Å². The average molecular weight is 190 g/mol. The molecule has 0 spiro atoms. The molecule has 0 aromatic heterocycles. The van der Waals surface area contributed by atoms with E-state index < -0.39 is 0 Å². The highest BCUT2D eigenvalue weighted by molar-refractivity contribution is 5.23. The molecule has 1 rings (SSSR count). The van der Waals surface area contributed by atoms with Crippen molar-refractivity contribution in [2.45, 2.75) is 26.9 Å². The largest absolute Gasteiger partial charge is 0.370 e. The zero-order chi connectivity index (χ0) is 10.6. The van der Waals surface area contributed by atoms with Crippen molar-refractivity contribution >= 4 is 0 Å². The van der Waals surface area contributed by atoms with Gasteiger partial charge in [-0.3, -0.25) is 0 Å². The van der Waals surface area contributed by atoms with Crippen LogP contribution in [0.25, 0.3) is 0 Å². The summed E-state index contributed by atoms with van der Waals surface area (Å²) < 4.78 is 5.64. The Bertz CT molecular complexity index is 315. The second-order valence-corrected chi connectivity index (χ2v) is 3.82. The third kappa shape index (κ3) is 3.35. The molecule has 0 aliphatic heterocycles. The van der Waals surface area contributed by atoms with Gasteiger partial charge in [0.15, 0.2) is 0 Å². The van der Waals surface area contributed by atoms with Crippen LogP contribution in [-0.4, -0.2) is 6.61 Å². The molecule has 0 amide bonds. The van der Waals surface area contributed by atoms with Gasteiger partial charge in [0.25, 0.3) is 0 Å². The molecule has 0 saturated heterocycles. The van der Waals surface area contributed by atoms with Crippen LogP contribution in [0.4, 0.5) is 0 Å². The third-order valence-electron chi connectivity index (χ3n) is 2.09. The quantitative estimate of drug-likeness (QED) is 0.658. The molecular weight excluding hydrogens is 172 g/mol. The van der Waals surface area contributed by atoms with Gasteiger partial charge in [-0.1, -0.05) is 42.0 Å². The van der Waals surface area contributed by atoms with Crippen LogP contribution in [0.3, 0.4) is 0 Å². The fraction of sp³-hybridized carbons (Fsp3) is 0.385. The number of hydrogen-bond acceptors (Lipinski definition) is 1. The zero-order valence-electron chi connectivity index (χ0n) is 9.21. The number of aryl methyl sites for hydroxylation is 1. The van der Waals surface area contributed by atoms with E-state index in [0.717, 1.165) is 5.57 Å². The molecule has 0 bridgehead atoms. The first-order valence-electron chi connectivity index (χ1n) is 4.92. The van der Waals surface area contributed by atoms with E-state index in [0.29, 0.717) is 6.61 Å². The second kappa shape index (κ2) is 4.97. The van der Waals surface area contributed by atoms with Gasteiger partial charge in [0.1, 0.15) is 0 Å². The molecule has 1 aromatic rings. The summed E-state index contributed by atoms with van der Waals surface area (Å²) in [5, 5.41) is 0. The van der Waals surface area contributed by atoms with E-state index in [1.54, 1.807) is 0 Å². The molecular formula is C13H18O. The van der Waals surface area contributed by atoms with Crippen molar-refractivity contribution in [3.05, 3.63) is 47.5 Å². The number of ether oxygens (including phenoxy) is 1. The van der Waals surface area contributed by atoms with Crippen LogP contribution in [0.2, 0.25) is 0 Å². The first kappa shape index (κ1) is 11.0. The van der Waals surface area contributed by atoms with Gasteiger partial charge in [-0.2, -0.15) is 0 Å². The predicted molar refractivity (Wildman–Crippen MR) is 60.4 cm³/mol. The van der Waals surface area contributed by atoms with E-state index in [-0.39, 0.29) is 6.10 Å². The normalized spacial score (nSPS) is 12.5. The maximum Gasteiger partial charge on any atom is 0.0801 e. The van der Waals surface area contributed by atoms with Crippen LogP contribution in [0.5, 0.6) is 0 Å².